The highest BCUT2D eigenvalue weighted by Crippen LogP contribution is 2.16. The van der Waals surface area contributed by atoms with Crippen LogP contribution in [0.25, 0.3) is 0 Å². The van der Waals surface area contributed by atoms with E-state index < -0.39 is 0 Å². The lowest BCUT2D eigenvalue weighted by atomic mass is 10.2. The van der Waals surface area contributed by atoms with Gasteiger partial charge < -0.3 is 20.9 Å². The predicted molar refractivity (Wildman–Crippen MR) is 97.8 cm³/mol. The van der Waals surface area contributed by atoms with Gasteiger partial charge >= 0.3 is 0 Å². The molecule has 8 heteroatoms. The first-order valence-electron chi connectivity index (χ1n) is 7.85. The molecule has 0 unspecified atom stereocenters. The number of nitrogens with zero attached hydrogens (tertiary/aromatic N) is 3. The topological polar surface area (TPSA) is 99.2 Å². The SMILES string of the molecule is CC(=O)Nc1cccc(NC(=O)c2ccc(NCCN(C)C)nn2)c1. The second-order valence-electron chi connectivity index (χ2n) is 5.75. The van der Waals surface area contributed by atoms with E-state index in [9.17, 15) is 9.59 Å². The van der Waals surface area contributed by atoms with Crippen LogP contribution in [0.4, 0.5) is 17.2 Å². The van der Waals surface area contributed by atoms with E-state index in [2.05, 4.69) is 31.0 Å². The molecular weight excluding hydrogens is 320 g/mol. The molecule has 2 rings (SSSR count). The van der Waals surface area contributed by atoms with Crippen LogP contribution in [0.3, 0.4) is 0 Å². The van der Waals surface area contributed by atoms with Crippen LogP contribution in [0.15, 0.2) is 36.4 Å². The van der Waals surface area contributed by atoms with Crippen molar-refractivity contribution in [3.63, 3.8) is 0 Å². The zero-order valence-corrected chi connectivity index (χ0v) is 14.5. The highest BCUT2D eigenvalue weighted by Gasteiger charge is 2.09. The van der Waals surface area contributed by atoms with Crippen LogP contribution in [0.2, 0.25) is 0 Å². The van der Waals surface area contributed by atoms with Crippen molar-refractivity contribution < 1.29 is 9.59 Å². The molecule has 8 nitrogen and oxygen atoms in total. The molecule has 0 aliphatic carbocycles. The van der Waals surface area contributed by atoms with Crippen molar-refractivity contribution in [1.82, 2.24) is 15.1 Å². The van der Waals surface area contributed by atoms with Crippen molar-refractivity contribution in [1.29, 1.82) is 0 Å². The second kappa shape index (κ2) is 8.74. The number of hydrogen-bond donors (Lipinski definition) is 3. The highest BCUT2D eigenvalue weighted by molar-refractivity contribution is 6.03. The summed E-state index contributed by atoms with van der Waals surface area (Å²) in [5, 5.41) is 16.5. The smallest absolute Gasteiger partial charge is 0.276 e. The Morgan fingerprint density at radius 2 is 1.76 bits per heavy atom. The minimum absolute atomic E-state index is 0.174. The van der Waals surface area contributed by atoms with E-state index in [-0.39, 0.29) is 17.5 Å². The maximum atomic E-state index is 12.2. The standard InChI is InChI=1S/C17H22N6O2/c1-12(24)19-13-5-4-6-14(11-13)20-17(25)15-7-8-16(22-21-15)18-9-10-23(2)3/h4-8,11H,9-10H2,1-3H3,(H,18,22)(H,19,24)(H,20,25). The zero-order chi connectivity index (χ0) is 18.2. The molecule has 0 radical (unpaired) electrons. The summed E-state index contributed by atoms with van der Waals surface area (Å²) >= 11 is 0. The van der Waals surface area contributed by atoms with Gasteiger partial charge in [0.05, 0.1) is 0 Å². The van der Waals surface area contributed by atoms with Gasteiger partial charge in [0.2, 0.25) is 5.91 Å². The van der Waals surface area contributed by atoms with Gasteiger partial charge in [0.25, 0.3) is 5.91 Å². The minimum atomic E-state index is -0.368. The van der Waals surface area contributed by atoms with Crippen molar-refractivity contribution in [2.75, 3.05) is 43.1 Å². The van der Waals surface area contributed by atoms with Crippen LogP contribution in [0.1, 0.15) is 17.4 Å². The average molecular weight is 342 g/mol. The van der Waals surface area contributed by atoms with Crippen molar-refractivity contribution in [3.8, 4) is 0 Å². The Hall–Kier alpha value is -3.00. The monoisotopic (exact) mass is 342 g/mol. The Morgan fingerprint density at radius 3 is 2.36 bits per heavy atom. The largest absolute Gasteiger partial charge is 0.367 e. The van der Waals surface area contributed by atoms with E-state index in [1.165, 1.54) is 6.92 Å². The lowest BCUT2D eigenvalue weighted by Gasteiger charge is -2.10. The number of anilines is 3. The van der Waals surface area contributed by atoms with E-state index >= 15 is 0 Å². The van der Waals surface area contributed by atoms with Crippen LogP contribution in [0, 0.1) is 0 Å². The van der Waals surface area contributed by atoms with Crippen molar-refractivity contribution in [2.24, 2.45) is 0 Å². The summed E-state index contributed by atoms with van der Waals surface area (Å²) in [5.74, 6) is 0.0741. The van der Waals surface area contributed by atoms with Crippen LogP contribution in [-0.4, -0.2) is 54.1 Å². The van der Waals surface area contributed by atoms with E-state index in [1.807, 2.05) is 14.1 Å². The molecule has 0 saturated carbocycles. The van der Waals surface area contributed by atoms with E-state index in [4.69, 9.17) is 0 Å². The molecule has 0 saturated heterocycles. The average Bonchev–Trinajstić information content (AvgIpc) is 2.55. The number of benzene rings is 1. The first-order valence-corrected chi connectivity index (χ1v) is 7.85. The summed E-state index contributed by atoms with van der Waals surface area (Å²) < 4.78 is 0. The van der Waals surface area contributed by atoms with Gasteiger partial charge in [-0.2, -0.15) is 0 Å². The summed E-state index contributed by atoms with van der Waals surface area (Å²) in [6.07, 6.45) is 0. The molecule has 0 bridgehead atoms. The first kappa shape index (κ1) is 18.3. The quantitative estimate of drug-likeness (QED) is 0.708. The van der Waals surface area contributed by atoms with Crippen molar-refractivity contribution in [3.05, 3.63) is 42.1 Å². The molecule has 0 fully saturated rings. The number of hydrogen-bond acceptors (Lipinski definition) is 6. The molecule has 0 aliphatic heterocycles. The summed E-state index contributed by atoms with van der Waals surface area (Å²) in [6, 6.07) is 10.2. The lowest BCUT2D eigenvalue weighted by Crippen LogP contribution is -2.21. The number of amides is 2. The van der Waals surface area contributed by atoms with Crippen molar-refractivity contribution in [2.45, 2.75) is 6.92 Å². The highest BCUT2D eigenvalue weighted by atomic mass is 16.2. The molecule has 1 heterocycles. The maximum absolute atomic E-state index is 12.2. The van der Waals surface area contributed by atoms with Gasteiger partial charge in [0.15, 0.2) is 5.69 Å². The van der Waals surface area contributed by atoms with Gasteiger partial charge in [0, 0.05) is 31.4 Å². The second-order valence-corrected chi connectivity index (χ2v) is 5.75. The van der Waals surface area contributed by atoms with Crippen LogP contribution >= 0.6 is 0 Å². The Morgan fingerprint density at radius 1 is 1.04 bits per heavy atom. The predicted octanol–water partition coefficient (Wildman–Crippen LogP) is 1.66. The van der Waals surface area contributed by atoms with Gasteiger partial charge in [0.1, 0.15) is 5.82 Å². The van der Waals surface area contributed by atoms with Crippen LogP contribution < -0.4 is 16.0 Å². The zero-order valence-electron chi connectivity index (χ0n) is 14.5. The lowest BCUT2D eigenvalue weighted by molar-refractivity contribution is -0.114. The molecule has 2 amide bonds. The number of likely N-dealkylation sites (N-methyl/N-ethyl adjacent to an activating group) is 1. The van der Waals surface area contributed by atoms with E-state index in [1.54, 1.807) is 36.4 Å². The maximum Gasteiger partial charge on any atom is 0.276 e. The number of aromatic nitrogens is 2. The Labute approximate surface area is 146 Å². The van der Waals surface area contributed by atoms with Gasteiger partial charge in [-0.1, -0.05) is 6.07 Å². The molecular formula is C17H22N6O2. The minimum Gasteiger partial charge on any atom is -0.367 e. The Bertz CT molecular complexity index is 730. The van der Waals surface area contributed by atoms with Crippen LogP contribution in [-0.2, 0) is 4.79 Å². The fourth-order valence-electron chi connectivity index (χ4n) is 2.03. The number of carbonyl (C=O) groups is 2. The van der Waals surface area contributed by atoms with Gasteiger partial charge in [-0.15, -0.1) is 10.2 Å². The molecule has 0 atom stereocenters. The summed E-state index contributed by atoms with van der Waals surface area (Å²) in [6.45, 7) is 3.03. The van der Waals surface area contributed by atoms with Gasteiger partial charge in [-0.3, -0.25) is 9.59 Å². The molecule has 1 aromatic heterocycles. The fraction of sp³-hybridized carbons (Fsp3) is 0.294. The molecule has 2 aromatic rings. The molecule has 25 heavy (non-hydrogen) atoms. The summed E-state index contributed by atoms with van der Waals surface area (Å²) in [7, 11) is 3.98. The van der Waals surface area contributed by atoms with Crippen molar-refractivity contribution >= 4 is 29.0 Å². The third-order valence-corrected chi connectivity index (χ3v) is 3.20. The van der Waals surface area contributed by atoms with Crippen LogP contribution in [0.5, 0.6) is 0 Å². The summed E-state index contributed by atoms with van der Waals surface area (Å²) in [4.78, 5) is 25.4. The fourth-order valence-corrected chi connectivity index (χ4v) is 2.03. The Balaban J connectivity index is 1.95. The molecule has 0 spiro atoms. The molecule has 1 aromatic carbocycles. The molecule has 3 N–H and O–H groups in total. The normalized spacial score (nSPS) is 10.4. The molecule has 0 aliphatic rings. The third kappa shape index (κ3) is 6.19. The Kier molecular flexibility index (Phi) is 6.41. The third-order valence-electron chi connectivity index (χ3n) is 3.20. The number of nitrogens with one attached hydrogen (secondary N) is 3. The number of carbonyl (C=O) groups excluding carboxylic acids is 2. The van der Waals surface area contributed by atoms with E-state index in [0.29, 0.717) is 17.2 Å². The first-order chi connectivity index (χ1) is 11.9. The van der Waals surface area contributed by atoms with Gasteiger partial charge in [-0.05, 0) is 44.4 Å². The summed E-state index contributed by atoms with van der Waals surface area (Å²) in [5.41, 5.74) is 1.38. The number of rotatable bonds is 7. The van der Waals surface area contributed by atoms with E-state index in [0.717, 1.165) is 13.1 Å². The molecule has 132 valence electrons. The van der Waals surface area contributed by atoms with Gasteiger partial charge in [-0.25, -0.2) is 0 Å².